The summed E-state index contributed by atoms with van der Waals surface area (Å²) in [5.74, 6) is 7.35. The summed E-state index contributed by atoms with van der Waals surface area (Å²) in [4.78, 5) is 0. The Hall–Kier alpha value is -16.2. The Morgan fingerprint density at radius 3 is 0.899 bits per heavy atom. The minimum atomic E-state index is -2.51. The smallest absolute Gasteiger partial charge is 0.226 e. The third-order valence-corrected chi connectivity index (χ3v) is 30.4. The number of hydrogen-bond donors (Lipinski definition) is 0. The predicted molar refractivity (Wildman–Crippen MR) is 625 cm³/mol. The summed E-state index contributed by atoms with van der Waals surface area (Å²) in [5, 5.41) is 12.3. The SMILES string of the molecule is Cc1ccccc1-c1n(-c2c(C(C)C)cccc2C(C)C)c2ccc3ccccc3c2[n+]1C.Cc1ccccc1-c1n(-c2c(C)cccc2C)c2cc3ccccc3cc2[n+]1C.Cc1ccccc1-c1n(C(C)C)c2cc3ccccc3cc2[n+]1C.Cc1ccccc1-c1n(C)c2ccc3ccccc3c2[n+]1-c1c(C(C)C)cccc1C(C)C.[2H]C([2H])([2H])c1cccc(C([2H])([2H])[2H])c1-n1c(-c2ccccc2C)[n+](C)c2cc3ccccc3cc21. The highest BCUT2D eigenvalue weighted by atomic mass is 15.2. The number of benzene rings is 19. The van der Waals surface area contributed by atoms with Gasteiger partial charge in [0.2, 0.25) is 0 Å². The van der Waals surface area contributed by atoms with Crippen LogP contribution in [0.4, 0.5) is 0 Å². The van der Waals surface area contributed by atoms with Crippen molar-refractivity contribution in [2.45, 2.75) is 161 Å². The van der Waals surface area contributed by atoms with Gasteiger partial charge in [-0.1, -0.05) is 328 Å². The van der Waals surface area contributed by atoms with E-state index in [0.29, 0.717) is 29.7 Å². The number of rotatable bonds is 14. The molecule has 0 aliphatic rings. The molecular weight excluding hydrogens is 1800 g/mol. The van der Waals surface area contributed by atoms with Gasteiger partial charge in [-0.3, -0.25) is 0 Å². The van der Waals surface area contributed by atoms with Crippen molar-refractivity contribution in [3.63, 3.8) is 0 Å². The van der Waals surface area contributed by atoms with E-state index in [1.165, 1.54) is 224 Å². The van der Waals surface area contributed by atoms with Gasteiger partial charge in [-0.05, 0) is 296 Å². The van der Waals surface area contributed by atoms with Crippen LogP contribution in [0.25, 0.3) is 189 Å². The first-order valence-corrected chi connectivity index (χ1v) is 52.3. The van der Waals surface area contributed by atoms with E-state index in [1.54, 1.807) is 0 Å². The molecule has 10 nitrogen and oxygen atoms in total. The van der Waals surface area contributed by atoms with E-state index in [9.17, 15) is 0 Å². The van der Waals surface area contributed by atoms with Crippen LogP contribution in [-0.4, -0.2) is 22.8 Å². The summed E-state index contributed by atoms with van der Waals surface area (Å²) in [6.07, 6.45) is 0. The molecule has 736 valence electrons. The van der Waals surface area contributed by atoms with E-state index in [2.05, 4.69) is 479 Å². The largest absolute Gasteiger partial charge is 0.295 e. The Balaban J connectivity index is 0.000000116. The third-order valence-electron chi connectivity index (χ3n) is 30.4. The van der Waals surface area contributed by atoms with Crippen LogP contribution in [0.1, 0.15) is 180 Å². The highest BCUT2D eigenvalue weighted by Crippen LogP contribution is 2.44. The van der Waals surface area contributed by atoms with E-state index in [1.807, 2.05) is 77.7 Å². The van der Waals surface area contributed by atoms with E-state index in [0.717, 1.165) is 38.8 Å². The van der Waals surface area contributed by atoms with Crippen LogP contribution >= 0.6 is 0 Å². The number of imidazole rings is 5. The fraction of sp³-hybridized carbons (Fsp3) is 0.210. The van der Waals surface area contributed by atoms with Gasteiger partial charge in [0.25, 0.3) is 29.1 Å². The van der Waals surface area contributed by atoms with Crippen LogP contribution < -0.4 is 22.8 Å². The summed E-state index contributed by atoms with van der Waals surface area (Å²) in [5.41, 5.74) is 36.2. The first-order chi connectivity index (χ1) is 73.9. The molecule has 0 radical (unpaired) electrons. The zero-order valence-corrected chi connectivity index (χ0v) is 89.7. The molecule has 24 rings (SSSR count). The number of fused-ring (bicyclic) bond motifs is 12. The first kappa shape index (κ1) is 91.7. The Morgan fingerprint density at radius 2 is 0.514 bits per heavy atom. The lowest BCUT2D eigenvalue weighted by molar-refractivity contribution is -0.634. The van der Waals surface area contributed by atoms with Gasteiger partial charge in [-0.15, -0.1) is 0 Å². The lowest BCUT2D eigenvalue weighted by Gasteiger charge is -2.18. The van der Waals surface area contributed by atoms with Gasteiger partial charge >= 0.3 is 0 Å². The van der Waals surface area contributed by atoms with Gasteiger partial charge in [0.05, 0.1) is 69.1 Å². The topological polar surface area (TPSA) is 44.0 Å². The van der Waals surface area contributed by atoms with Crippen LogP contribution in [0.15, 0.2) is 376 Å². The maximum Gasteiger partial charge on any atom is 0.295 e. The molecule has 5 aromatic heterocycles. The van der Waals surface area contributed by atoms with Gasteiger partial charge in [-0.25, -0.2) is 27.4 Å². The van der Waals surface area contributed by atoms with Gasteiger partial charge in [-0.2, -0.15) is 18.3 Å². The Bertz CT molecular complexity index is 9390. The molecule has 19 aromatic carbocycles. The fourth-order valence-corrected chi connectivity index (χ4v) is 23.0. The van der Waals surface area contributed by atoms with Crippen molar-refractivity contribution in [1.82, 2.24) is 22.8 Å². The van der Waals surface area contributed by atoms with E-state index < -0.39 is 13.7 Å². The third kappa shape index (κ3) is 17.8. The van der Waals surface area contributed by atoms with Crippen molar-refractivity contribution in [3.8, 4) is 79.7 Å². The molecule has 0 bridgehead atoms. The minimum absolute atomic E-state index is 0.00613. The average Bonchev–Trinajstić information content (AvgIpc) is 1.57. The summed E-state index contributed by atoms with van der Waals surface area (Å²) in [7, 11) is 10.7. The molecule has 0 fully saturated rings. The monoisotopic (exact) mass is 1940 g/mol. The molecule has 0 unspecified atom stereocenters. The normalized spacial score (nSPS) is 12.5. The van der Waals surface area contributed by atoms with Crippen molar-refractivity contribution in [2.75, 3.05) is 0 Å². The molecule has 0 atom stereocenters. The van der Waals surface area contributed by atoms with Crippen LogP contribution in [0.3, 0.4) is 0 Å². The molecule has 0 N–H and O–H groups in total. The maximum atomic E-state index is 8.26. The predicted octanol–water partition coefficient (Wildman–Crippen LogP) is 33.2. The highest BCUT2D eigenvalue weighted by Gasteiger charge is 2.38. The number of hydrogen-bond acceptors (Lipinski definition) is 0. The molecule has 148 heavy (non-hydrogen) atoms. The molecule has 0 saturated heterocycles. The molecule has 0 aliphatic heterocycles. The molecule has 0 saturated carbocycles. The Labute approximate surface area is 881 Å². The van der Waals surface area contributed by atoms with Crippen LogP contribution in [0.5, 0.6) is 0 Å². The Morgan fingerprint density at radius 1 is 0.230 bits per heavy atom. The van der Waals surface area contributed by atoms with E-state index >= 15 is 0 Å². The molecule has 10 heteroatoms. The number of aromatic nitrogens is 10. The zero-order valence-electron chi connectivity index (χ0n) is 95.7. The second-order valence-electron chi connectivity index (χ2n) is 41.8. The zero-order chi connectivity index (χ0) is 109. The highest BCUT2D eigenvalue weighted by molar-refractivity contribution is 6.06. The molecule has 0 aliphatic carbocycles. The van der Waals surface area contributed by atoms with Gasteiger partial charge in [0.15, 0.2) is 55.2 Å². The number of aryl methyl sites for hydroxylation is 14. The van der Waals surface area contributed by atoms with Crippen LogP contribution in [-0.2, 0) is 35.2 Å². The Kier molecular flexibility index (Phi) is 25.4. The molecule has 0 amide bonds. The van der Waals surface area contributed by atoms with Crippen LogP contribution in [0, 0.1) is 62.2 Å². The summed E-state index contributed by atoms with van der Waals surface area (Å²) < 4.78 is 72.9. The van der Waals surface area contributed by atoms with Gasteiger partial charge in [0, 0.05) is 41.3 Å². The van der Waals surface area contributed by atoms with Crippen molar-refractivity contribution < 1.29 is 31.1 Å². The van der Waals surface area contributed by atoms with Gasteiger partial charge < -0.3 is 0 Å². The minimum Gasteiger partial charge on any atom is -0.226 e. The fourth-order valence-electron chi connectivity index (χ4n) is 23.0. The standard InChI is InChI=1S/2C31H33N2.2C27H25N2.C22H23N2/c1-20(2)24-16-11-17-25(21(3)4)29(24)33-28-19-18-23-13-8-10-15-27(23)30(28)32(6)31(33)26-14-9-7-12-22(26)5;1-20(2)24-16-11-17-25(21(3)4)29(24)33-30-27-15-10-8-13-23(27)18-19-28(30)32(6)31(33)26-14-9-7-12-22(26)5;2*1-18-10-5-8-15-23(18)27-28(4)24-16-21-13-6-7-14-22(21)17-25(24)29(27)26-19(2)11-9-12-20(26)3;1-15(2)24-21-14-18-11-7-6-10-17(18)13-20(21)23(4)22(24)19-12-8-5-9-16(19)3/h2*7-21H,1-6H3;2*5-17H,1-4H3;5-15H,1-4H3/q5*+1/i;;2D3,3D3;;. The molecule has 5 heterocycles. The summed E-state index contributed by atoms with van der Waals surface area (Å²) in [6, 6.07) is 133. The maximum absolute atomic E-state index is 8.26. The summed E-state index contributed by atoms with van der Waals surface area (Å²) in [6.45, 7) is 33.2. The number of nitrogens with zero attached hydrogens (tertiary/aromatic N) is 10. The number of para-hydroxylation sites is 4. The average molecular weight is 1940 g/mol. The van der Waals surface area contributed by atoms with E-state index in [-0.39, 0.29) is 16.8 Å². The quantitative estimate of drug-likeness (QED) is 0.0974. The summed E-state index contributed by atoms with van der Waals surface area (Å²) >= 11 is 0. The van der Waals surface area contributed by atoms with Crippen molar-refractivity contribution >= 4 is 109 Å². The lowest BCUT2D eigenvalue weighted by atomic mass is 9.92. The van der Waals surface area contributed by atoms with Gasteiger partial charge in [0.1, 0.15) is 22.7 Å². The van der Waals surface area contributed by atoms with Crippen molar-refractivity contribution in [3.05, 3.63) is 448 Å². The second-order valence-corrected chi connectivity index (χ2v) is 41.8. The molecular formula is C138H139N10+5. The second kappa shape index (κ2) is 41.0. The van der Waals surface area contributed by atoms with Crippen molar-refractivity contribution in [2.24, 2.45) is 35.2 Å². The first-order valence-electron chi connectivity index (χ1n) is 55.3. The van der Waals surface area contributed by atoms with E-state index in [4.69, 9.17) is 8.22 Å². The van der Waals surface area contributed by atoms with Crippen molar-refractivity contribution in [1.29, 1.82) is 0 Å². The van der Waals surface area contributed by atoms with Crippen LogP contribution in [0.2, 0.25) is 0 Å². The molecule has 24 aromatic rings. The molecule has 0 spiro atoms. The lowest BCUT2D eigenvalue weighted by Crippen LogP contribution is -2.36.